The van der Waals surface area contributed by atoms with Crippen LogP contribution >= 0.6 is 0 Å². The molecule has 7 heteroatoms. The topological polar surface area (TPSA) is 86.9 Å². The Hall–Kier alpha value is -1.70. The van der Waals surface area contributed by atoms with Gasteiger partial charge in [0, 0.05) is 20.1 Å². The summed E-state index contributed by atoms with van der Waals surface area (Å²) >= 11 is 0. The van der Waals surface area contributed by atoms with E-state index >= 15 is 0 Å². The summed E-state index contributed by atoms with van der Waals surface area (Å²) in [4.78, 5) is 23.0. The minimum absolute atomic E-state index is 0.00728. The number of methoxy groups -OCH3 is 1. The molecular weight excluding hydrogens is 376 g/mol. The van der Waals surface area contributed by atoms with Gasteiger partial charge in [0.25, 0.3) is 0 Å². The molecular formula is C22H32O7. The van der Waals surface area contributed by atoms with Crippen LogP contribution in [0.1, 0.15) is 47.0 Å². The third-order valence-electron chi connectivity index (χ3n) is 6.14. The summed E-state index contributed by atoms with van der Waals surface area (Å²) in [5.41, 5.74) is 0.655. The third kappa shape index (κ3) is 4.90. The van der Waals surface area contributed by atoms with Gasteiger partial charge in [-0.05, 0) is 46.1 Å². The summed E-state index contributed by atoms with van der Waals surface area (Å²) in [6, 6.07) is 0. The fraction of sp³-hybridized carbons (Fsp3) is 0.727. The van der Waals surface area contributed by atoms with E-state index in [0.29, 0.717) is 13.0 Å². The second kappa shape index (κ2) is 8.58. The molecule has 3 fully saturated rings. The smallest absolute Gasteiger partial charge is 0.330 e. The first kappa shape index (κ1) is 22.0. The van der Waals surface area contributed by atoms with Crippen molar-refractivity contribution in [2.75, 3.05) is 20.3 Å². The lowest BCUT2D eigenvalue weighted by atomic mass is 9.68. The molecule has 3 rings (SSSR count). The molecule has 7 nitrogen and oxygen atoms in total. The third-order valence-corrected chi connectivity index (χ3v) is 6.14. The van der Waals surface area contributed by atoms with Crippen LogP contribution in [-0.4, -0.2) is 61.8 Å². The number of rotatable bonds is 8. The zero-order chi connectivity index (χ0) is 21.2. The van der Waals surface area contributed by atoms with Gasteiger partial charge in [0.1, 0.15) is 30.0 Å². The van der Waals surface area contributed by atoms with Crippen molar-refractivity contribution in [3.63, 3.8) is 0 Å². The number of esters is 2. The van der Waals surface area contributed by atoms with E-state index in [0.717, 1.165) is 12.8 Å². The fourth-order valence-corrected chi connectivity index (χ4v) is 4.57. The number of allylic oxidation sites excluding steroid dienone is 1. The van der Waals surface area contributed by atoms with Crippen molar-refractivity contribution < 1.29 is 33.3 Å². The zero-order valence-corrected chi connectivity index (χ0v) is 17.9. The Labute approximate surface area is 172 Å². The van der Waals surface area contributed by atoms with E-state index in [1.54, 1.807) is 7.11 Å². The summed E-state index contributed by atoms with van der Waals surface area (Å²) in [7, 11) is 1.65. The van der Waals surface area contributed by atoms with Gasteiger partial charge in [-0.2, -0.15) is 0 Å². The largest absolute Gasteiger partial charge is 0.462 e. The fourth-order valence-electron chi connectivity index (χ4n) is 4.57. The molecule has 0 amide bonds. The van der Waals surface area contributed by atoms with Gasteiger partial charge >= 0.3 is 11.9 Å². The Morgan fingerprint density at radius 3 is 2.55 bits per heavy atom. The Bertz CT molecular complexity index is 689. The van der Waals surface area contributed by atoms with Crippen molar-refractivity contribution in [2.24, 2.45) is 5.92 Å². The van der Waals surface area contributed by atoms with Gasteiger partial charge in [-0.1, -0.05) is 11.6 Å². The number of carbonyl (C=O) groups excluding carboxylic acids is 2. The molecule has 162 valence electrons. The highest BCUT2D eigenvalue weighted by molar-refractivity contribution is 5.82. The molecule has 0 aromatic heterocycles. The average Bonchev–Trinajstić information content (AvgIpc) is 3.56. The number of ether oxygens (including phenoxy) is 5. The number of hydrogen-bond donors (Lipinski definition) is 0. The van der Waals surface area contributed by atoms with E-state index in [1.165, 1.54) is 24.6 Å². The van der Waals surface area contributed by atoms with Crippen LogP contribution in [0.4, 0.5) is 0 Å². The van der Waals surface area contributed by atoms with Gasteiger partial charge in [0.05, 0.1) is 18.6 Å². The van der Waals surface area contributed by atoms with Crippen LogP contribution in [0.25, 0.3) is 0 Å². The van der Waals surface area contributed by atoms with E-state index in [9.17, 15) is 9.59 Å². The Morgan fingerprint density at radius 2 is 1.97 bits per heavy atom. The molecule has 0 bridgehead atoms. The molecule has 0 N–H and O–H groups in total. The zero-order valence-electron chi connectivity index (χ0n) is 17.9. The average molecular weight is 408 g/mol. The molecule has 6 atom stereocenters. The predicted molar refractivity (Wildman–Crippen MR) is 105 cm³/mol. The van der Waals surface area contributed by atoms with Gasteiger partial charge in [-0.25, -0.2) is 4.79 Å². The van der Waals surface area contributed by atoms with Crippen molar-refractivity contribution in [1.29, 1.82) is 0 Å². The van der Waals surface area contributed by atoms with Crippen LogP contribution in [0.5, 0.6) is 0 Å². The number of carbonyl (C=O) groups is 2. The van der Waals surface area contributed by atoms with E-state index in [-0.39, 0.29) is 42.0 Å². The summed E-state index contributed by atoms with van der Waals surface area (Å²) < 4.78 is 28.4. The molecule has 0 aromatic rings. The van der Waals surface area contributed by atoms with Crippen molar-refractivity contribution in [3.05, 3.63) is 23.8 Å². The minimum Gasteiger partial charge on any atom is -0.462 e. The molecule has 2 aliphatic heterocycles. The molecule has 1 saturated carbocycles. The standard InChI is InChI=1S/C22H32O7/c1-14(2)8-9-17-21(4,29-17)20-19(25-5)16(10-11-22(20)13-27-22)28-18(24)7-6-12-26-15(3)23/h6-8,16-17,19-20H,9-13H2,1-5H3/b7-6+. The maximum absolute atomic E-state index is 12.2. The predicted octanol–water partition coefficient (Wildman–Crippen LogP) is 2.73. The summed E-state index contributed by atoms with van der Waals surface area (Å²) in [5, 5.41) is 0. The molecule has 3 aliphatic rings. The summed E-state index contributed by atoms with van der Waals surface area (Å²) in [6.07, 6.45) is 6.70. The SMILES string of the molecule is COC1C(OC(=O)/C=C/COC(C)=O)CCC2(CO2)C1C1(C)OC1CC=C(C)C. The van der Waals surface area contributed by atoms with Gasteiger partial charge < -0.3 is 23.7 Å². The second-order valence-corrected chi connectivity index (χ2v) is 8.56. The first-order valence-electron chi connectivity index (χ1n) is 10.2. The monoisotopic (exact) mass is 408 g/mol. The van der Waals surface area contributed by atoms with Gasteiger partial charge in [0.2, 0.25) is 0 Å². The maximum atomic E-state index is 12.2. The molecule has 1 spiro atoms. The lowest BCUT2D eigenvalue weighted by Gasteiger charge is -2.42. The van der Waals surface area contributed by atoms with Gasteiger partial charge in [-0.15, -0.1) is 0 Å². The van der Waals surface area contributed by atoms with E-state index < -0.39 is 11.9 Å². The number of hydrogen-bond acceptors (Lipinski definition) is 7. The lowest BCUT2D eigenvalue weighted by Crippen LogP contribution is -2.55. The van der Waals surface area contributed by atoms with Gasteiger partial charge in [0.15, 0.2) is 0 Å². The van der Waals surface area contributed by atoms with E-state index in [2.05, 4.69) is 26.8 Å². The normalized spacial score (nSPS) is 38.0. The summed E-state index contributed by atoms with van der Waals surface area (Å²) in [5.74, 6) is -0.877. The van der Waals surface area contributed by atoms with Crippen LogP contribution in [0.2, 0.25) is 0 Å². The Kier molecular flexibility index (Phi) is 6.51. The summed E-state index contributed by atoms with van der Waals surface area (Å²) in [6.45, 7) is 8.32. The highest BCUT2D eigenvalue weighted by atomic mass is 16.6. The van der Waals surface area contributed by atoms with Crippen molar-refractivity contribution in [3.8, 4) is 0 Å². The molecule has 0 aromatic carbocycles. The first-order valence-corrected chi connectivity index (χ1v) is 10.2. The Balaban J connectivity index is 1.66. The van der Waals surface area contributed by atoms with E-state index in [4.69, 9.17) is 23.7 Å². The highest BCUT2D eigenvalue weighted by Gasteiger charge is 2.72. The van der Waals surface area contributed by atoms with Crippen LogP contribution in [0.3, 0.4) is 0 Å². The van der Waals surface area contributed by atoms with Crippen molar-refractivity contribution in [1.82, 2.24) is 0 Å². The van der Waals surface area contributed by atoms with Crippen LogP contribution in [-0.2, 0) is 33.3 Å². The van der Waals surface area contributed by atoms with Crippen molar-refractivity contribution >= 4 is 11.9 Å². The molecule has 29 heavy (non-hydrogen) atoms. The second-order valence-electron chi connectivity index (χ2n) is 8.56. The quantitative estimate of drug-likeness (QED) is 0.264. The van der Waals surface area contributed by atoms with Gasteiger partial charge in [-0.3, -0.25) is 4.79 Å². The highest BCUT2D eigenvalue weighted by Crippen LogP contribution is 2.59. The maximum Gasteiger partial charge on any atom is 0.330 e. The van der Waals surface area contributed by atoms with Crippen LogP contribution < -0.4 is 0 Å². The Morgan fingerprint density at radius 1 is 1.24 bits per heavy atom. The molecule has 2 saturated heterocycles. The van der Waals surface area contributed by atoms with Crippen molar-refractivity contribution in [2.45, 2.75) is 76.5 Å². The van der Waals surface area contributed by atoms with E-state index in [1.807, 2.05) is 0 Å². The first-order chi connectivity index (χ1) is 13.7. The molecule has 1 aliphatic carbocycles. The molecule has 0 radical (unpaired) electrons. The minimum atomic E-state index is -0.474. The number of epoxide rings is 2. The van der Waals surface area contributed by atoms with Crippen LogP contribution in [0.15, 0.2) is 23.8 Å². The lowest BCUT2D eigenvalue weighted by molar-refractivity contribution is -0.166. The molecule has 2 heterocycles. The molecule has 6 unspecified atom stereocenters. The van der Waals surface area contributed by atoms with Crippen LogP contribution in [0, 0.1) is 5.92 Å².